The molecule has 0 bridgehead atoms. The lowest BCUT2D eigenvalue weighted by Gasteiger charge is -2.08. The normalized spacial score (nSPS) is 10.8. The number of aryl methyl sites for hydroxylation is 1. The number of fused-ring (bicyclic) bond motifs is 1. The first kappa shape index (κ1) is 12.1. The van der Waals surface area contributed by atoms with Gasteiger partial charge >= 0.3 is 0 Å². The maximum absolute atomic E-state index is 11.0. The minimum atomic E-state index is -0.386. The Morgan fingerprint density at radius 1 is 1.41 bits per heavy atom. The van der Waals surface area contributed by atoms with Crippen LogP contribution in [0.4, 0.5) is 0 Å². The van der Waals surface area contributed by atoms with Crippen LogP contribution in [-0.4, -0.2) is 10.9 Å². The number of pyridine rings is 1. The third-order valence-electron chi connectivity index (χ3n) is 2.45. The molecule has 0 saturated carbocycles. The Morgan fingerprint density at radius 3 is 2.76 bits per heavy atom. The van der Waals surface area contributed by atoms with Crippen molar-refractivity contribution in [1.82, 2.24) is 4.98 Å². The quantitative estimate of drug-likeness (QED) is 0.911. The second-order valence-corrected chi connectivity index (χ2v) is 4.61. The van der Waals surface area contributed by atoms with Gasteiger partial charge in [0.15, 0.2) is 0 Å². The molecule has 1 aromatic carbocycles. The molecule has 5 heteroatoms. The summed E-state index contributed by atoms with van der Waals surface area (Å²) in [4.78, 5) is 15.4. The average Bonchev–Trinajstić information content (AvgIpc) is 2.23. The summed E-state index contributed by atoms with van der Waals surface area (Å²) >= 11 is 12.0. The van der Waals surface area contributed by atoms with E-state index in [1.54, 1.807) is 12.1 Å². The summed E-state index contributed by atoms with van der Waals surface area (Å²) < 4.78 is 0. The van der Waals surface area contributed by atoms with Gasteiger partial charge in [-0.1, -0.05) is 29.3 Å². The number of nitrogens with two attached hydrogens (primary N) is 1. The number of carbonyl (C=O) groups is 1. The smallest absolute Gasteiger partial charge is 0.221 e. The summed E-state index contributed by atoms with van der Waals surface area (Å²) in [5, 5.41) is 1.66. The van der Waals surface area contributed by atoms with E-state index in [-0.39, 0.29) is 12.3 Å². The monoisotopic (exact) mass is 268 g/mol. The summed E-state index contributed by atoms with van der Waals surface area (Å²) in [6, 6.07) is 5.32. The first-order valence-electron chi connectivity index (χ1n) is 5.01. The fraction of sp³-hybridized carbons (Fsp3) is 0.167. The summed E-state index contributed by atoms with van der Waals surface area (Å²) in [5.41, 5.74) is 7.42. The molecule has 0 saturated heterocycles. The largest absolute Gasteiger partial charge is 0.369 e. The summed E-state index contributed by atoms with van der Waals surface area (Å²) in [6.45, 7) is 1.83. The second kappa shape index (κ2) is 4.51. The van der Waals surface area contributed by atoms with Gasteiger partial charge in [0, 0.05) is 11.1 Å². The van der Waals surface area contributed by atoms with E-state index in [9.17, 15) is 4.79 Å². The van der Waals surface area contributed by atoms with Gasteiger partial charge in [-0.05, 0) is 24.6 Å². The molecule has 17 heavy (non-hydrogen) atoms. The first-order chi connectivity index (χ1) is 7.99. The van der Waals surface area contributed by atoms with Crippen LogP contribution in [0.1, 0.15) is 11.3 Å². The molecule has 0 aliphatic heterocycles. The maximum atomic E-state index is 11.0. The number of hydrogen-bond acceptors (Lipinski definition) is 2. The van der Waals surface area contributed by atoms with E-state index >= 15 is 0 Å². The zero-order valence-electron chi connectivity index (χ0n) is 9.13. The molecule has 1 amide bonds. The standard InChI is InChI=1S/C12H10Cl2N2O/c1-6-4-7(5-10(15)17)8-2-3-9(13)11(14)12(8)16-6/h2-4H,5H2,1H3,(H2,15,17). The summed E-state index contributed by atoms with van der Waals surface area (Å²) in [5.74, 6) is -0.386. The Morgan fingerprint density at radius 2 is 2.12 bits per heavy atom. The van der Waals surface area contributed by atoms with Crippen LogP contribution in [0.5, 0.6) is 0 Å². The molecule has 2 rings (SSSR count). The van der Waals surface area contributed by atoms with Crippen LogP contribution in [0.3, 0.4) is 0 Å². The van der Waals surface area contributed by atoms with Gasteiger partial charge in [-0.25, -0.2) is 0 Å². The lowest BCUT2D eigenvalue weighted by molar-refractivity contribution is -0.117. The van der Waals surface area contributed by atoms with E-state index in [4.69, 9.17) is 28.9 Å². The van der Waals surface area contributed by atoms with Crippen LogP contribution in [0.25, 0.3) is 10.9 Å². The van der Waals surface area contributed by atoms with Crippen molar-refractivity contribution >= 4 is 40.0 Å². The number of nitrogens with zero attached hydrogens (tertiary/aromatic N) is 1. The highest BCUT2D eigenvalue weighted by Gasteiger charge is 2.11. The number of hydrogen-bond donors (Lipinski definition) is 1. The van der Waals surface area contributed by atoms with Crippen molar-refractivity contribution in [3.63, 3.8) is 0 Å². The van der Waals surface area contributed by atoms with Gasteiger partial charge in [-0.2, -0.15) is 0 Å². The molecule has 3 nitrogen and oxygen atoms in total. The molecule has 0 atom stereocenters. The SMILES string of the molecule is Cc1cc(CC(N)=O)c2ccc(Cl)c(Cl)c2n1. The Balaban J connectivity index is 2.76. The molecular formula is C12H10Cl2N2O. The third kappa shape index (κ3) is 2.35. The lowest BCUT2D eigenvalue weighted by atomic mass is 10.0. The molecule has 0 aliphatic carbocycles. The van der Waals surface area contributed by atoms with Crippen molar-refractivity contribution in [1.29, 1.82) is 0 Å². The predicted octanol–water partition coefficient (Wildman–Crippen LogP) is 2.88. The van der Waals surface area contributed by atoms with Crippen molar-refractivity contribution in [2.45, 2.75) is 13.3 Å². The van der Waals surface area contributed by atoms with E-state index in [2.05, 4.69) is 4.98 Å². The predicted molar refractivity (Wildman–Crippen MR) is 69.4 cm³/mol. The van der Waals surface area contributed by atoms with Crippen LogP contribution in [-0.2, 0) is 11.2 Å². The number of carbonyl (C=O) groups excluding carboxylic acids is 1. The van der Waals surface area contributed by atoms with Crippen LogP contribution < -0.4 is 5.73 Å². The number of halogens is 2. The second-order valence-electron chi connectivity index (χ2n) is 3.82. The van der Waals surface area contributed by atoms with Crippen molar-refractivity contribution in [2.24, 2.45) is 5.73 Å². The van der Waals surface area contributed by atoms with E-state index < -0.39 is 0 Å². The molecule has 2 N–H and O–H groups in total. The van der Waals surface area contributed by atoms with E-state index in [1.165, 1.54) is 0 Å². The Labute approximate surface area is 109 Å². The van der Waals surface area contributed by atoms with Gasteiger partial charge in [0.2, 0.25) is 5.91 Å². The maximum Gasteiger partial charge on any atom is 0.221 e. The number of rotatable bonds is 2. The summed E-state index contributed by atoms with van der Waals surface area (Å²) in [6.07, 6.45) is 0.165. The van der Waals surface area contributed by atoms with Crippen molar-refractivity contribution in [3.05, 3.63) is 39.5 Å². The molecular weight excluding hydrogens is 259 g/mol. The van der Waals surface area contributed by atoms with Crippen LogP contribution in [0, 0.1) is 6.92 Å². The molecule has 88 valence electrons. The molecule has 0 aliphatic rings. The van der Waals surface area contributed by atoms with Gasteiger partial charge in [0.1, 0.15) is 0 Å². The highest BCUT2D eigenvalue weighted by molar-refractivity contribution is 6.45. The number of amides is 1. The Bertz CT molecular complexity index is 611. The van der Waals surface area contributed by atoms with Crippen molar-refractivity contribution in [2.75, 3.05) is 0 Å². The van der Waals surface area contributed by atoms with Crippen molar-refractivity contribution < 1.29 is 4.79 Å². The van der Waals surface area contributed by atoms with Crippen LogP contribution in [0.15, 0.2) is 18.2 Å². The molecule has 1 aromatic heterocycles. The zero-order valence-corrected chi connectivity index (χ0v) is 10.6. The highest BCUT2D eigenvalue weighted by Crippen LogP contribution is 2.31. The molecule has 0 fully saturated rings. The van der Waals surface area contributed by atoms with Crippen molar-refractivity contribution in [3.8, 4) is 0 Å². The Kier molecular flexibility index (Phi) is 3.22. The van der Waals surface area contributed by atoms with Crippen LogP contribution in [0.2, 0.25) is 10.0 Å². The van der Waals surface area contributed by atoms with Gasteiger partial charge in [0.05, 0.1) is 22.0 Å². The van der Waals surface area contributed by atoms with Crippen LogP contribution >= 0.6 is 23.2 Å². The van der Waals surface area contributed by atoms with E-state index in [0.29, 0.717) is 15.6 Å². The molecule has 0 radical (unpaired) electrons. The fourth-order valence-electron chi connectivity index (χ4n) is 1.78. The molecule has 1 heterocycles. The minimum absolute atomic E-state index is 0.165. The number of primary amides is 1. The summed E-state index contributed by atoms with van der Waals surface area (Å²) in [7, 11) is 0. The van der Waals surface area contributed by atoms with E-state index in [0.717, 1.165) is 16.6 Å². The average molecular weight is 269 g/mol. The highest BCUT2D eigenvalue weighted by atomic mass is 35.5. The van der Waals surface area contributed by atoms with Gasteiger partial charge < -0.3 is 5.73 Å². The number of benzene rings is 1. The molecule has 2 aromatic rings. The molecule has 0 unspecified atom stereocenters. The fourth-order valence-corrected chi connectivity index (χ4v) is 2.14. The third-order valence-corrected chi connectivity index (χ3v) is 3.25. The lowest BCUT2D eigenvalue weighted by Crippen LogP contribution is -2.14. The topological polar surface area (TPSA) is 56.0 Å². The number of aromatic nitrogens is 1. The zero-order chi connectivity index (χ0) is 12.6. The van der Waals surface area contributed by atoms with Gasteiger partial charge in [-0.15, -0.1) is 0 Å². The van der Waals surface area contributed by atoms with Gasteiger partial charge in [0.25, 0.3) is 0 Å². The molecule has 0 spiro atoms. The Hall–Kier alpha value is -1.32. The first-order valence-corrected chi connectivity index (χ1v) is 5.77. The minimum Gasteiger partial charge on any atom is -0.369 e. The van der Waals surface area contributed by atoms with E-state index in [1.807, 2.05) is 13.0 Å². The van der Waals surface area contributed by atoms with Gasteiger partial charge in [-0.3, -0.25) is 9.78 Å².